The Morgan fingerprint density at radius 2 is 2.06 bits per heavy atom. The summed E-state index contributed by atoms with van der Waals surface area (Å²) >= 11 is 0. The molecule has 0 aliphatic heterocycles. The minimum Gasteiger partial charge on any atom is -0.338 e. The quantitative estimate of drug-likeness (QED) is 0.534. The van der Waals surface area contributed by atoms with Gasteiger partial charge < -0.3 is 15.4 Å². The van der Waals surface area contributed by atoms with E-state index in [4.69, 9.17) is 0 Å². The lowest BCUT2D eigenvalue weighted by Crippen LogP contribution is -2.43. The smallest absolute Gasteiger partial charge is 0.315 e. The van der Waals surface area contributed by atoms with Gasteiger partial charge in [-0.25, -0.2) is 4.79 Å². The zero-order valence-electron chi connectivity index (χ0n) is 10.1. The normalized spacial score (nSPS) is 13.6. The molecule has 0 aliphatic rings. The molecule has 0 heterocycles. The van der Waals surface area contributed by atoms with E-state index >= 15 is 0 Å². The molecule has 0 fully saturated rings. The predicted octanol–water partition coefficient (Wildman–Crippen LogP) is 1.79. The van der Waals surface area contributed by atoms with Crippen molar-refractivity contribution in [3.63, 3.8) is 0 Å². The van der Waals surface area contributed by atoms with Crippen LogP contribution in [0.3, 0.4) is 0 Å². The van der Waals surface area contributed by atoms with Crippen LogP contribution in [-0.2, 0) is 4.79 Å². The van der Waals surface area contributed by atoms with Gasteiger partial charge in [0.1, 0.15) is 12.3 Å². The van der Waals surface area contributed by atoms with Crippen molar-refractivity contribution in [1.29, 1.82) is 0 Å². The number of aldehydes is 1. The van der Waals surface area contributed by atoms with Gasteiger partial charge >= 0.3 is 6.03 Å². The van der Waals surface area contributed by atoms with Crippen molar-refractivity contribution in [2.24, 2.45) is 0 Å². The first-order chi connectivity index (χ1) is 7.69. The first kappa shape index (κ1) is 14.4. The lowest BCUT2D eigenvalue weighted by molar-refractivity contribution is -0.108. The molecule has 1 atom stereocenters. The van der Waals surface area contributed by atoms with Gasteiger partial charge in [0.2, 0.25) is 0 Å². The third-order valence-corrected chi connectivity index (χ3v) is 2.00. The number of hydrogen-bond donors (Lipinski definition) is 2. The van der Waals surface area contributed by atoms with Crippen LogP contribution < -0.4 is 10.6 Å². The molecule has 0 saturated heterocycles. The molecular formula is C12H20N2O2. The van der Waals surface area contributed by atoms with Crippen LogP contribution in [0.25, 0.3) is 0 Å². The minimum atomic E-state index is -0.584. The second kappa shape index (κ2) is 8.71. The average Bonchev–Trinajstić information content (AvgIpc) is 2.28. The molecular weight excluding hydrogens is 204 g/mol. The molecule has 2 amide bonds. The van der Waals surface area contributed by atoms with Gasteiger partial charge in [-0.1, -0.05) is 25.2 Å². The van der Waals surface area contributed by atoms with Crippen LogP contribution in [0.15, 0.2) is 23.8 Å². The minimum absolute atomic E-state index is 0.330. The van der Waals surface area contributed by atoms with Gasteiger partial charge in [-0.15, -0.1) is 0 Å². The topological polar surface area (TPSA) is 58.2 Å². The average molecular weight is 224 g/mol. The molecule has 4 heteroatoms. The second-order valence-corrected chi connectivity index (χ2v) is 3.22. The number of allylic oxidation sites excluding steroid dienone is 2. The molecule has 0 aliphatic carbocycles. The molecule has 0 aromatic rings. The molecule has 0 bridgehead atoms. The van der Waals surface area contributed by atoms with E-state index in [-0.39, 0.29) is 6.03 Å². The molecule has 4 nitrogen and oxygen atoms in total. The number of amides is 2. The summed E-state index contributed by atoms with van der Waals surface area (Å²) in [5.41, 5.74) is 0.795. The molecule has 2 N–H and O–H groups in total. The monoisotopic (exact) mass is 224 g/mol. The van der Waals surface area contributed by atoms with Crippen LogP contribution >= 0.6 is 0 Å². The molecule has 0 spiro atoms. The van der Waals surface area contributed by atoms with Crippen LogP contribution in [0.1, 0.15) is 27.2 Å². The van der Waals surface area contributed by atoms with Gasteiger partial charge in [-0.05, 0) is 25.8 Å². The largest absolute Gasteiger partial charge is 0.338 e. The fourth-order valence-corrected chi connectivity index (χ4v) is 1.18. The van der Waals surface area contributed by atoms with Gasteiger partial charge in [0.25, 0.3) is 0 Å². The number of nitrogens with one attached hydrogen (secondary N) is 2. The highest BCUT2D eigenvalue weighted by Crippen LogP contribution is 2.03. The summed E-state index contributed by atoms with van der Waals surface area (Å²) in [7, 11) is 0. The highest BCUT2D eigenvalue weighted by molar-refractivity contribution is 5.80. The maximum atomic E-state index is 11.3. The number of urea groups is 1. The van der Waals surface area contributed by atoms with Crippen molar-refractivity contribution in [2.45, 2.75) is 33.2 Å². The van der Waals surface area contributed by atoms with E-state index in [1.165, 1.54) is 0 Å². The zero-order valence-corrected chi connectivity index (χ0v) is 10.1. The van der Waals surface area contributed by atoms with Gasteiger partial charge in [-0.3, -0.25) is 0 Å². The van der Waals surface area contributed by atoms with Crippen LogP contribution in [0, 0.1) is 0 Å². The third-order valence-electron chi connectivity index (χ3n) is 2.00. The third kappa shape index (κ3) is 5.34. The lowest BCUT2D eigenvalue weighted by Gasteiger charge is -2.14. The van der Waals surface area contributed by atoms with Gasteiger partial charge in [0.15, 0.2) is 0 Å². The molecule has 0 radical (unpaired) electrons. The van der Waals surface area contributed by atoms with Gasteiger partial charge in [0, 0.05) is 6.54 Å². The summed E-state index contributed by atoms with van der Waals surface area (Å²) in [6, 6.07) is -0.914. The van der Waals surface area contributed by atoms with E-state index in [0.29, 0.717) is 6.54 Å². The molecule has 1 unspecified atom stereocenters. The molecule has 0 saturated carbocycles. The fraction of sp³-hybridized carbons (Fsp3) is 0.500. The summed E-state index contributed by atoms with van der Waals surface area (Å²) in [6.45, 7) is 6.21. The summed E-state index contributed by atoms with van der Waals surface area (Å²) in [4.78, 5) is 22.2. The zero-order chi connectivity index (χ0) is 12.4. The number of hydrogen-bond acceptors (Lipinski definition) is 2. The molecule has 0 rings (SSSR count). The fourth-order valence-electron chi connectivity index (χ4n) is 1.18. The number of rotatable bonds is 6. The Bertz CT molecular complexity index is 283. The Balaban J connectivity index is 4.51. The van der Waals surface area contributed by atoms with Crippen molar-refractivity contribution in [3.8, 4) is 0 Å². The van der Waals surface area contributed by atoms with E-state index in [2.05, 4.69) is 10.6 Å². The van der Waals surface area contributed by atoms with E-state index in [1.807, 2.05) is 39.0 Å². The molecule has 16 heavy (non-hydrogen) atoms. The second-order valence-electron chi connectivity index (χ2n) is 3.22. The highest BCUT2D eigenvalue weighted by atomic mass is 16.2. The summed E-state index contributed by atoms with van der Waals surface area (Å²) < 4.78 is 0. The predicted molar refractivity (Wildman–Crippen MR) is 65.2 cm³/mol. The first-order valence-corrected chi connectivity index (χ1v) is 5.51. The Morgan fingerprint density at radius 1 is 1.38 bits per heavy atom. The van der Waals surface area contributed by atoms with Crippen LogP contribution in [0.4, 0.5) is 4.79 Å². The van der Waals surface area contributed by atoms with Crippen molar-refractivity contribution < 1.29 is 9.59 Å². The summed E-state index contributed by atoms with van der Waals surface area (Å²) in [5.74, 6) is 0. The van der Waals surface area contributed by atoms with Crippen LogP contribution in [0.5, 0.6) is 0 Å². The standard InChI is InChI=1S/C12H20N2O2/c1-4-7-8-10(5-2)11(9-15)14-12(16)13-6-3/h5,7-9,11H,4,6H2,1-3H3,(H2,13,14,16)/b8-7-,10-5+. The van der Waals surface area contributed by atoms with Gasteiger partial charge in [-0.2, -0.15) is 0 Å². The SMILES string of the molecule is C/C=C(\C=C/CC)C(C=O)NC(=O)NCC. The number of carbonyl (C=O) groups is 2. The molecule has 0 aromatic carbocycles. The molecule has 0 aromatic heterocycles. The Morgan fingerprint density at radius 3 is 2.50 bits per heavy atom. The van der Waals surface area contributed by atoms with E-state index < -0.39 is 6.04 Å². The van der Waals surface area contributed by atoms with E-state index in [1.54, 1.807) is 0 Å². The Kier molecular flexibility index (Phi) is 7.85. The van der Waals surface area contributed by atoms with Crippen molar-refractivity contribution in [2.75, 3.05) is 6.54 Å². The maximum absolute atomic E-state index is 11.3. The summed E-state index contributed by atoms with van der Waals surface area (Å²) in [6.07, 6.45) is 7.24. The summed E-state index contributed by atoms with van der Waals surface area (Å²) in [5, 5.41) is 5.18. The van der Waals surface area contributed by atoms with Crippen molar-refractivity contribution >= 4 is 12.3 Å². The molecule has 90 valence electrons. The highest BCUT2D eigenvalue weighted by Gasteiger charge is 2.12. The maximum Gasteiger partial charge on any atom is 0.315 e. The first-order valence-electron chi connectivity index (χ1n) is 5.51. The lowest BCUT2D eigenvalue weighted by atomic mass is 10.1. The van der Waals surface area contributed by atoms with E-state index in [0.717, 1.165) is 18.3 Å². The van der Waals surface area contributed by atoms with E-state index in [9.17, 15) is 9.59 Å². The number of carbonyl (C=O) groups excluding carboxylic acids is 2. The van der Waals surface area contributed by atoms with Crippen molar-refractivity contribution in [3.05, 3.63) is 23.8 Å². The Labute approximate surface area is 96.8 Å². The van der Waals surface area contributed by atoms with Crippen LogP contribution in [-0.4, -0.2) is 24.9 Å². The van der Waals surface area contributed by atoms with Crippen LogP contribution in [0.2, 0.25) is 0 Å². The Hall–Kier alpha value is -1.58. The van der Waals surface area contributed by atoms with Crippen molar-refractivity contribution in [1.82, 2.24) is 10.6 Å². The van der Waals surface area contributed by atoms with Gasteiger partial charge in [0.05, 0.1) is 0 Å².